The number of rotatable bonds is 6. The number of benzene rings is 1. The van der Waals surface area contributed by atoms with Crippen LogP contribution in [0.25, 0.3) is 0 Å². The van der Waals surface area contributed by atoms with Crippen molar-refractivity contribution >= 4 is 15.7 Å². The molecule has 1 aromatic rings. The molecule has 0 saturated heterocycles. The van der Waals surface area contributed by atoms with Crippen LogP contribution in [-0.2, 0) is 10.0 Å². The fraction of sp³-hybridized carbons (Fsp3) is 0.450. The summed E-state index contributed by atoms with van der Waals surface area (Å²) in [5.74, 6) is 4.69. The molecule has 0 unspecified atom stereocenters. The largest absolute Gasteiger partial charge is 0.277 e. The van der Waals surface area contributed by atoms with E-state index in [1.54, 1.807) is 0 Å². The zero-order valence-corrected chi connectivity index (χ0v) is 16.5. The Bertz CT molecular complexity index is 804. The molecule has 0 saturated carbocycles. The van der Waals surface area contributed by atoms with Crippen LogP contribution in [0, 0.1) is 24.7 Å². The summed E-state index contributed by atoms with van der Waals surface area (Å²) in [7, 11) is -3.90. The maximum absolute atomic E-state index is 12.9. The average molecular weight is 359 g/mol. The Hall–Kier alpha value is -2.24. The van der Waals surface area contributed by atoms with Crippen molar-refractivity contribution in [1.82, 2.24) is 4.83 Å². The second kappa shape index (κ2) is 8.23. The smallest absolute Gasteiger partial charge is 0.200 e. The van der Waals surface area contributed by atoms with Gasteiger partial charge in [-0.15, -0.1) is 17.9 Å². The molecule has 1 aromatic carbocycles. The molecule has 134 valence electrons. The number of hydrazone groups is 1. The number of nitrogens with one attached hydrogen (secondary N) is 1. The van der Waals surface area contributed by atoms with Crippen LogP contribution in [0.4, 0.5) is 0 Å². The second-order valence-electron chi connectivity index (χ2n) is 6.84. The maximum Gasteiger partial charge on any atom is 0.277 e. The van der Waals surface area contributed by atoms with E-state index in [9.17, 15) is 8.42 Å². The lowest BCUT2D eigenvalue weighted by Crippen LogP contribution is -2.23. The summed E-state index contributed by atoms with van der Waals surface area (Å²) in [6, 6.07) is 3.92. The Balaban J connectivity index is 3.70. The quantitative estimate of drug-likeness (QED) is 0.475. The van der Waals surface area contributed by atoms with Gasteiger partial charge in [-0.2, -0.15) is 13.2 Å². The molecule has 0 radical (unpaired) electrons. The summed E-state index contributed by atoms with van der Waals surface area (Å²) in [5.41, 5.74) is 2.54. The van der Waals surface area contributed by atoms with Gasteiger partial charge in [-0.25, -0.2) is 0 Å². The highest BCUT2D eigenvalue weighted by atomic mass is 32.2. The summed E-state index contributed by atoms with van der Waals surface area (Å²) < 4.78 is 25.9. The summed E-state index contributed by atoms with van der Waals surface area (Å²) in [5, 5.41) is 3.67. The zero-order chi connectivity index (χ0) is 19.4. The van der Waals surface area contributed by atoms with Gasteiger partial charge in [-0.3, -0.25) is 0 Å². The summed E-state index contributed by atoms with van der Waals surface area (Å²) >= 11 is 0. The van der Waals surface area contributed by atoms with Gasteiger partial charge in [0.1, 0.15) is 0 Å². The van der Waals surface area contributed by atoms with Gasteiger partial charge in [0.25, 0.3) is 10.0 Å². The van der Waals surface area contributed by atoms with Gasteiger partial charge in [0.15, 0.2) is 5.71 Å². The molecule has 1 N–H and O–H groups in total. The van der Waals surface area contributed by atoms with Crippen molar-refractivity contribution in [3.05, 3.63) is 28.8 Å². The van der Waals surface area contributed by atoms with E-state index in [1.165, 1.54) is 0 Å². The molecular weight excluding hydrogens is 332 g/mol. The first kappa shape index (κ1) is 20.8. The van der Waals surface area contributed by atoms with Gasteiger partial charge in [0.05, 0.1) is 4.90 Å². The van der Waals surface area contributed by atoms with Crippen LogP contribution in [0.3, 0.4) is 0 Å². The van der Waals surface area contributed by atoms with Crippen LogP contribution in [0.15, 0.2) is 22.1 Å². The molecular formula is C20H26N2O2S. The lowest BCUT2D eigenvalue weighted by molar-refractivity contribution is 0.579. The molecule has 0 fully saturated rings. The Morgan fingerprint density at radius 1 is 0.960 bits per heavy atom. The first-order valence-corrected chi connectivity index (χ1v) is 9.73. The highest BCUT2D eigenvalue weighted by Crippen LogP contribution is 2.34. The molecule has 5 heteroatoms. The first-order chi connectivity index (χ1) is 11.5. The minimum Gasteiger partial charge on any atom is -0.200 e. The van der Waals surface area contributed by atoms with E-state index in [4.69, 9.17) is 12.8 Å². The monoisotopic (exact) mass is 358 g/mol. The fourth-order valence-corrected chi connectivity index (χ4v) is 3.97. The third-order valence-corrected chi connectivity index (χ3v) is 5.24. The molecule has 0 aliphatic rings. The molecule has 0 atom stereocenters. The third kappa shape index (κ3) is 4.87. The van der Waals surface area contributed by atoms with Crippen molar-refractivity contribution in [2.45, 2.75) is 64.2 Å². The second-order valence-corrected chi connectivity index (χ2v) is 8.43. The normalized spacial score (nSPS) is 11.3. The molecule has 0 aromatic heterocycles. The topological polar surface area (TPSA) is 58.5 Å². The van der Waals surface area contributed by atoms with Gasteiger partial charge in [-0.1, -0.05) is 53.7 Å². The number of hydrogen-bond donors (Lipinski definition) is 1. The van der Waals surface area contributed by atoms with Crippen molar-refractivity contribution in [3.8, 4) is 24.7 Å². The van der Waals surface area contributed by atoms with E-state index in [0.29, 0.717) is 5.92 Å². The molecule has 0 amide bonds. The summed E-state index contributed by atoms with van der Waals surface area (Å²) in [6.45, 7) is 12.1. The molecule has 0 bridgehead atoms. The predicted octanol–water partition coefficient (Wildman–Crippen LogP) is 3.96. The number of sulfonamides is 1. The van der Waals surface area contributed by atoms with E-state index in [-0.39, 0.29) is 22.4 Å². The van der Waals surface area contributed by atoms with Gasteiger partial charge in [-0.05, 0) is 46.3 Å². The molecule has 4 nitrogen and oxygen atoms in total. The SMILES string of the molecule is C#CC(C#C)=NNS(=O)(=O)c1c(C(C)C)cc(C(C)C)cc1C(C)C. The first-order valence-electron chi connectivity index (χ1n) is 8.25. The molecule has 0 heterocycles. The van der Waals surface area contributed by atoms with Crippen molar-refractivity contribution < 1.29 is 8.42 Å². The predicted molar refractivity (Wildman–Crippen MR) is 104 cm³/mol. The molecule has 0 aliphatic carbocycles. The lowest BCUT2D eigenvalue weighted by Gasteiger charge is -2.22. The van der Waals surface area contributed by atoms with Crippen LogP contribution in [0.1, 0.15) is 76.0 Å². The van der Waals surface area contributed by atoms with Crippen LogP contribution in [-0.4, -0.2) is 14.1 Å². The Morgan fingerprint density at radius 3 is 1.72 bits per heavy atom. The Morgan fingerprint density at radius 2 is 1.40 bits per heavy atom. The van der Waals surface area contributed by atoms with Gasteiger partial charge in [0.2, 0.25) is 0 Å². The van der Waals surface area contributed by atoms with Crippen LogP contribution >= 0.6 is 0 Å². The maximum atomic E-state index is 12.9. The van der Waals surface area contributed by atoms with E-state index in [1.807, 2.05) is 39.8 Å². The Labute approximate surface area is 152 Å². The molecule has 0 aliphatic heterocycles. The average Bonchev–Trinajstić information content (AvgIpc) is 2.54. The number of terminal acetylenes is 2. The van der Waals surface area contributed by atoms with Crippen LogP contribution in [0.2, 0.25) is 0 Å². The Kier molecular flexibility index (Phi) is 6.85. The van der Waals surface area contributed by atoms with Crippen molar-refractivity contribution in [2.24, 2.45) is 5.10 Å². The molecule has 25 heavy (non-hydrogen) atoms. The van der Waals surface area contributed by atoms with E-state index < -0.39 is 10.0 Å². The van der Waals surface area contributed by atoms with Crippen LogP contribution in [0.5, 0.6) is 0 Å². The standard InChI is InChI=1S/C20H26N2O2S/c1-9-17(10-2)21-22-25(23,24)20-18(14(5)6)11-16(13(3)4)12-19(20)15(7)8/h1-2,11-15,22H,3-8H3. The van der Waals surface area contributed by atoms with Crippen LogP contribution < -0.4 is 4.83 Å². The third-order valence-electron chi connectivity index (χ3n) is 3.90. The fourth-order valence-electron chi connectivity index (χ4n) is 2.46. The number of nitrogens with zero attached hydrogens (tertiary/aromatic N) is 1. The van der Waals surface area contributed by atoms with Gasteiger partial charge >= 0.3 is 0 Å². The van der Waals surface area contributed by atoms with Crippen molar-refractivity contribution in [3.63, 3.8) is 0 Å². The van der Waals surface area contributed by atoms with E-state index >= 15 is 0 Å². The van der Waals surface area contributed by atoms with Gasteiger partial charge in [0, 0.05) is 0 Å². The minimum absolute atomic E-state index is 0.0338. The van der Waals surface area contributed by atoms with E-state index in [0.717, 1.165) is 16.7 Å². The van der Waals surface area contributed by atoms with E-state index in [2.05, 4.69) is 35.6 Å². The lowest BCUT2D eigenvalue weighted by atomic mass is 9.89. The van der Waals surface area contributed by atoms with Crippen molar-refractivity contribution in [1.29, 1.82) is 0 Å². The van der Waals surface area contributed by atoms with Crippen molar-refractivity contribution in [2.75, 3.05) is 0 Å². The number of hydrogen-bond acceptors (Lipinski definition) is 3. The highest BCUT2D eigenvalue weighted by Gasteiger charge is 2.26. The summed E-state index contributed by atoms with van der Waals surface area (Å²) in [6.07, 6.45) is 10.4. The minimum atomic E-state index is -3.90. The zero-order valence-electron chi connectivity index (χ0n) is 15.7. The molecule has 0 spiro atoms. The van der Waals surface area contributed by atoms with Gasteiger partial charge < -0.3 is 0 Å². The highest BCUT2D eigenvalue weighted by molar-refractivity contribution is 7.89. The summed E-state index contributed by atoms with van der Waals surface area (Å²) in [4.78, 5) is 2.45. The molecule has 1 rings (SSSR count).